The summed E-state index contributed by atoms with van der Waals surface area (Å²) in [5.41, 5.74) is 4.18. The summed E-state index contributed by atoms with van der Waals surface area (Å²) in [6.45, 7) is 6.50. The van der Waals surface area contributed by atoms with Crippen LogP contribution in [0.1, 0.15) is 38.3 Å². The van der Waals surface area contributed by atoms with Crippen molar-refractivity contribution in [1.29, 1.82) is 0 Å². The fraction of sp³-hybridized carbons (Fsp3) is 0.231. The van der Waals surface area contributed by atoms with E-state index in [9.17, 15) is 0 Å². The molecule has 0 fully saturated rings. The van der Waals surface area contributed by atoms with Gasteiger partial charge in [0.2, 0.25) is 0 Å². The monoisotopic (exact) mass is 501 g/mol. The zero-order chi connectivity index (χ0) is 23.5. The van der Waals surface area contributed by atoms with Crippen molar-refractivity contribution in [2.75, 3.05) is 13.2 Å². The molecule has 0 atom stereocenters. The molecule has 1 aliphatic heterocycles. The van der Waals surface area contributed by atoms with Crippen LogP contribution in [0.3, 0.4) is 0 Å². The van der Waals surface area contributed by atoms with E-state index in [0.29, 0.717) is 24.5 Å². The van der Waals surface area contributed by atoms with Crippen LogP contribution in [0.2, 0.25) is 0 Å². The number of aliphatic imine (C=N–C) groups is 2. The van der Waals surface area contributed by atoms with Crippen LogP contribution >= 0.6 is 0 Å². The minimum atomic E-state index is -1.56. The molecule has 3 aromatic rings. The number of aliphatic hydroxyl groups is 1. The summed E-state index contributed by atoms with van der Waals surface area (Å²) < 4.78 is 17.9. The van der Waals surface area contributed by atoms with Gasteiger partial charge >= 0.3 is 190 Å². The van der Waals surface area contributed by atoms with Gasteiger partial charge in [-0.15, -0.1) is 0 Å². The standard InChI is InChI=1S/C24H24N2O4.C2H6.Ga/c1-17(20-7-2-5-10-23(20)28)26-22-9-4-3-8-21(22)25-16-18-11-12-19(15-24(18)29)30-14-6-13-27;1-2;/h2-5,7-12,15-16,27-29H,6,13-14H2,1H3;1-2H3;/q;;+2/p-2. The number of nitrogens with zero attached hydrogens (tertiary/aromatic N) is 2. The topological polar surface area (TPSA) is 72.6 Å². The molecule has 0 aliphatic carbocycles. The van der Waals surface area contributed by atoms with Crippen molar-refractivity contribution in [2.24, 2.45) is 9.98 Å². The van der Waals surface area contributed by atoms with E-state index in [1.54, 1.807) is 6.21 Å². The van der Waals surface area contributed by atoms with Gasteiger partial charge in [-0.1, -0.05) is 13.8 Å². The molecule has 0 bridgehead atoms. The SMILES string of the molecule is CC.CC1=Nc2ccccc2N=Cc2ccc(OCCCO)cc2[O][Ga][O]c2ccccc21. The molecule has 1 aliphatic rings. The van der Waals surface area contributed by atoms with Gasteiger partial charge in [0, 0.05) is 0 Å². The normalized spacial score (nSPS) is 12.2. The van der Waals surface area contributed by atoms with E-state index in [1.807, 2.05) is 87.5 Å². The van der Waals surface area contributed by atoms with E-state index in [0.717, 1.165) is 34.0 Å². The third-order valence-corrected chi connectivity index (χ3v) is 6.17. The van der Waals surface area contributed by atoms with Crippen LogP contribution in [0.4, 0.5) is 11.4 Å². The van der Waals surface area contributed by atoms with Crippen molar-refractivity contribution in [3.05, 3.63) is 77.9 Å². The number of ether oxygens (including phenoxy) is 1. The molecule has 0 unspecified atom stereocenters. The Morgan fingerprint density at radius 1 is 0.909 bits per heavy atom. The molecule has 169 valence electrons. The van der Waals surface area contributed by atoms with Crippen LogP contribution < -0.4 is 11.8 Å². The average molecular weight is 502 g/mol. The number of benzene rings is 3. The fourth-order valence-electron chi connectivity index (χ4n) is 3.11. The summed E-state index contributed by atoms with van der Waals surface area (Å²) in [5.74, 6) is 2.11. The third kappa shape index (κ3) is 6.74. The quantitative estimate of drug-likeness (QED) is 0.369. The van der Waals surface area contributed by atoms with Gasteiger partial charge in [-0.25, -0.2) is 0 Å². The van der Waals surface area contributed by atoms with Gasteiger partial charge in [0.15, 0.2) is 0 Å². The second kappa shape index (κ2) is 12.9. The molecular weight excluding hydrogens is 474 g/mol. The zero-order valence-electron chi connectivity index (χ0n) is 19.2. The van der Waals surface area contributed by atoms with Crippen LogP contribution in [-0.4, -0.2) is 48.4 Å². The van der Waals surface area contributed by atoms with Crippen molar-refractivity contribution in [1.82, 2.24) is 0 Å². The summed E-state index contributed by atoms with van der Waals surface area (Å²) in [5, 5.41) is 8.97. The first kappa shape index (κ1) is 24.6. The maximum atomic E-state index is 8.97. The van der Waals surface area contributed by atoms with Crippen LogP contribution in [0.25, 0.3) is 0 Å². The van der Waals surface area contributed by atoms with E-state index < -0.39 is 18.1 Å². The van der Waals surface area contributed by atoms with E-state index >= 15 is 0 Å². The minimum absolute atomic E-state index is 0.0933. The molecule has 0 amide bonds. The van der Waals surface area contributed by atoms with Crippen molar-refractivity contribution in [3.63, 3.8) is 0 Å². The number of rotatable bonds is 4. The number of hydrogen-bond acceptors (Lipinski definition) is 6. The Kier molecular flexibility index (Phi) is 9.62. The predicted octanol–water partition coefficient (Wildman–Crippen LogP) is 5.67. The number of hydrogen-bond donors (Lipinski definition) is 1. The Balaban J connectivity index is 0.00000149. The number of para-hydroxylation sites is 3. The predicted molar refractivity (Wildman–Crippen MR) is 134 cm³/mol. The van der Waals surface area contributed by atoms with Gasteiger partial charge in [0.05, 0.1) is 0 Å². The molecule has 4 rings (SSSR count). The van der Waals surface area contributed by atoms with E-state index in [1.165, 1.54) is 0 Å². The molecule has 6 nitrogen and oxygen atoms in total. The second-order valence-corrected chi connectivity index (χ2v) is 8.29. The average Bonchev–Trinajstić information content (AvgIpc) is 2.86. The Bertz CT molecular complexity index is 1110. The van der Waals surface area contributed by atoms with Gasteiger partial charge in [-0.05, 0) is 0 Å². The number of aliphatic hydroxyl groups excluding tert-OH is 1. The number of fused-ring (bicyclic) bond motifs is 3. The molecule has 33 heavy (non-hydrogen) atoms. The Morgan fingerprint density at radius 3 is 2.45 bits per heavy atom. The Labute approximate surface area is 203 Å². The summed E-state index contributed by atoms with van der Waals surface area (Å²) in [4.78, 5) is 9.50. The molecular formula is C26H28GaN2O4. The van der Waals surface area contributed by atoms with Gasteiger partial charge in [-0.3, -0.25) is 0 Å². The summed E-state index contributed by atoms with van der Waals surface area (Å²) in [6.07, 6.45) is 2.35. The molecule has 1 radical (unpaired) electrons. The third-order valence-electron chi connectivity index (χ3n) is 4.70. The summed E-state index contributed by atoms with van der Waals surface area (Å²) in [6, 6.07) is 21.3. The molecule has 0 saturated carbocycles. The van der Waals surface area contributed by atoms with Crippen molar-refractivity contribution >= 4 is 41.4 Å². The molecule has 1 heterocycles. The molecule has 0 saturated heterocycles. The van der Waals surface area contributed by atoms with Crippen LogP contribution in [0, 0.1) is 0 Å². The van der Waals surface area contributed by atoms with E-state index in [2.05, 4.69) is 4.99 Å². The summed E-state index contributed by atoms with van der Waals surface area (Å²) >= 11 is -1.56. The molecule has 7 heteroatoms. The van der Waals surface area contributed by atoms with Crippen molar-refractivity contribution in [2.45, 2.75) is 27.2 Å². The first-order valence-corrected chi connectivity index (χ1v) is 13.0. The van der Waals surface area contributed by atoms with Crippen molar-refractivity contribution in [3.8, 4) is 17.2 Å². The first-order chi connectivity index (χ1) is 16.2. The summed E-state index contributed by atoms with van der Waals surface area (Å²) in [7, 11) is 0. The van der Waals surface area contributed by atoms with E-state index in [-0.39, 0.29) is 6.61 Å². The Morgan fingerprint density at radius 2 is 1.64 bits per heavy atom. The van der Waals surface area contributed by atoms with Gasteiger partial charge in [-0.2, -0.15) is 0 Å². The zero-order valence-corrected chi connectivity index (χ0v) is 21.6. The molecule has 0 spiro atoms. The first-order valence-electron chi connectivity index (χ1n) is 11.0. The second-order valence-electron chi connectivity index (χ2n) is 6.90. The van der Waals surface area contributed by atoms with E-state index in [4.69, 9.17) is 21.9 Å². The van der Waals surface area contributed by atoms with Crippen molar-refractivity contribution < 1.29 is 16.9 Å². The van der Waals surface area contributed by atoms with Gasteiger partial charge < -0.3 is 0 Å². The molecule has 1 N–H and O–H groups in total. The van der Waals surface area contributed by atoms with Gasteiger partial charge in [0.25, 0.3) is 0 Å². The molecule has 3 aromatic carbocycles. The van der Waals surface area contributed by atoms with Gasteiger partial charge in [0.1, 0.15) is 0 Å². The van der Waals surface area contributed by atoms with Crippen LogP contribution in [0.5, 0.6) is 17.2 Å². The Hall–Kier alpha value is -3.00. The molecule has 0 aromatic heterocycles. The maximum absolute atomic E-state index is 8.97. The van der Waals surface area contributed by atoms with Crippen LogP contribution in [0.15, 0.2) is 76.7 Å². The fourth-order valence-corrected chi connectivity index (χ4v) is 4.51. The van der Waals surface area contributed by atoms with Crippen LogP contribution in [-0.2, 0) is 0 Å².